The number of nitrogens with zero attached hydrogens (tertiary/aromatic N) is 2. The van der Waals surface area contributed by atoms with Gasteiger partial charge in [-0.15, -0.1) is 0 Å². The minimum absolute atomic E-state index is 0.148. The molecule has 0 aliphatic heterocycles. The Hall–Kier alpha value is -2.09. The Morgan fingerprint density at radius 3 is 2.41 bits per heavy atom. The summed E-state index contributed by atoms with van der Waals surface area (Å²) >= 11 is 0. The quantitative estimate of drug-likeness (QED) is 0.787. The molecule has 0 aromatic heterocycles. The first-order valence-electron chi connectivity index (χ1n) is 4.65. The lowest BCUT2D eigenvalue weighted by molar-refractivity contribution is 0.598. The molecule has 1 rings (SSSR count). The first kappa shape index (κ1) is 13.0. The molecule has 0 spiro atoms. The standard InChI is InChI=1S/C10H10N4O2S/c11-6-8-1-2-10(5-9(8)7-12)14-3-4-17(13,15)16/h1-2,5,14H,3-4H2,(H2,13,15,16). The van der Waals surface area contributed by atoms with Crippen LogP contribution < -0.4 is 10.5 Å². The van der Waals surface area contributed by atoms with E-state index in [2.05, 4.69) is 5.32 Å². The lowest BCUT2D eigenvalue weighted by Gasteiger charge is -2.06. The molecule has 1 aromatic carbocycles. The van der Waals surface area contributed by atoms with Gasteiger partial charge in [0.15, 0.2) is 0 Å². The summed E-state index contributed by atoms with van der Waals surface area (Å²) in [5, 5.41) is 25.1. The lowest BCUT2D eigenvalue weighted by Crippen LogP contribution is -2.22. The number of sulfonamides is 1. The summed E-state index contributed by atoms with van der Waals surface area (Å²) in [6.07, 6.45) is 0. The lowest BCUT2D eigenvalue weighted by atomic mass is 10.1. The van der Waals surface area contributed by atoms with Crippen molar-refractivity contribution in [3.63, 3.8) is 0 Å². The van der Waals surface area contributed by atoms with Crippen LogP contribution in [0.5, 0.6) is 0 Å². The van der Waals surface area contributed by atoms with Crippen LogP contribution in [0.2, 0.25) is 0 Å². The van der Waals surface area contributed by atoms with Crippen LogP contribution >= 0.6 is 0 Å². The van der Waals surface area contributed by atoms with Crippen LogP contribution in [-0.4, -0.2) is 20.7 Å². The number of nitrogens with one attached hydrogen (secondary N) is 1. The molecule has 0 saturated carbocycles. The fourth-order valence-corrected chi connectivity index (χ4v) is 1.57. The molecule has 1 aromatic rings. The highest BCUT2D eigenvalue weighted by Crippen LogP contribution is 2.14. The molecule has 3 N–H and O–H groups in total. The Balaban J connectivity index is 2.75. The SMILES string of the molecule is N#Cc1ccc(NCCS(N)(=O)=O)cc1C#N. The van der Waals surface area contributed by atoms with Gasteiger partial charge in [0.1, 0.15) is 12.1 Å². The van der Waals surface area contributed by atoms with Gasteiger partial charge >= 0.3 is 0 Å². The second-order valence-electron chi connectivity index (χ2n) is 3.28. The number of hydrogen-bond acceptors (Lipinski definition) is 5. The predicted molar refractivity (Wildman–Crippen MR) is 62.3 cm³/mol. The molecular weight excluding hydrogens is 240 g/mol. The normalized spacial score (nSPS) is 10.3. The molecule has 0 radical (unpaired) electrons. The highest BCUT2D eigenvalue weighted by atomic mass is 32.2. The van der Waals surface area contributed by atoms with Gasteiger partial charge in [0.25, 0.3) is 0 Å². The summed E-state index contributed by atoms with van der Waals surface area (Å²) in [4.78, 5) is 0. The van der Waals surface area contributed by atoms with Crippen LogP contribution in [-0.2, 0) is 10.0 Å². The second kappa shape index (κ2) is 5.30. The van der Waals surface area contributed by atoms with E-state index in [1.54, 1.807) is 6.07 Å². The van der Waals surface area contributed by atoms with Crippen molar-refractivity contribution in [3.05, 3.63) is 29.3 Å². The van der Waals surface area contributed by atoms with Gasteiger partial charge < -0.3 is 5.32 Å². The molecule has 0 amide bonds. The number of rotatable bonds is 4. The average Bonchev–Trinajstić information content (AvgIpc) is 2.27. The second-order valence-corrected chi connectivity index (χ2v) is 5.01. The van der Waals surface area contributed by atoms with E-state index < -0.39 is 10.0 Å². The Morgan fingerprint density at radius 2 is 1.88 bits per heavy atom. The fraction of sp³-hybridized carbons (Fsp3) is 0.200. The van der Waals surface area contributed by atoms with Crippen molar-refractivity contribution in [2.24, 2.45) is 5.14 Å². The van der Waals surface area contributed by atoms with Gasteiger partial charge in [-0.3, -0.25) is 0 Å². The molecule has 0 aliphatic carbocycles. The summed E-state index contributed by atoms with van der Waals surface area (Å²) in [7, 11) is -3.50. The minimum Gasteiger partial charge on any atom is -0.384 e. The third-order valence-electron chi connectivity index (χ3n) is 1.98. The van der Waals surface area contributed by atoms with Gasteiger partial charge in [0.05, 0.1) is 16.9 Å². The van der Waals surface area contributed by atoms with Crippen molar-refractivity contribution in [2.75, 3.05) is 17.6 Å². The van der Waals surface area contributed by atoms with Gasteiger partial charge in [-0.05, 0) is 18.2 Å². The zero-order valence-electron chi connectivity index (χ0n) is 8.84. The van der Waals surface area contributed by atoms with Crippen molar-refractivity contribution in [1.29, 1.82) is 10.5 Å². The van der Waals surface area contributed by atoms with Gasteiger partial charge in [0, 0.05) is 12.2 Å². The minimum atomic E-state index is -3.50. The van der Waals surface area contributed by atoms with E-state index in [4.69, 9.17) is 15.7 Å². The maximum atomic E-state index is 10.7. The van der Waals surface area contributed by atoms with Crippen molar-refractivity contribution in [2.45, 2.75) is 0 Å². The molecule has 7 heteroatoms. The van der Waals surface area contributed by atoms with E-state index in [-0.39, 0.29) is 23.4 Å². The number of nitriles is 2. The Morgan fingerprint density at radius 1 is 1.24 bits per heavy atom. The summed E-state index contributed by atoms with van der Waals surface area (Å²) in [5.41, 5.74) is 1.10. The Bertz CT molecular complexity index is 596. The van der Waals surface area contributed by atoms with Gasteiger partial charge in [-0.2, -0.15) is 10.5 Å². The zero-order valence-corrected chi connectivity index (χ0v) is 9.66. The van der Waals surface area contributed by atoms with E-state index in [0.29, 0.717) is 5.69 Å². The van der Waals surface area contributed by atoms with Crippen LogP contribution in [0.25, 0.3) is 0 Å². The van der Waals surface area contributed by atoms with E-state index >= 15 is 0 Å². The molecule has 6 nitrogen and oxygen atoms in total. The van der Waals surface area contributed by atoms with Gasteiger partial charge in [-0.25, -0.2) is 13.6 Å². The number of primary sulfonamides is 1. The highest BCUT2D eigenvalue weighted by molar-refractivity contribution is 7.89. The largest absolute Gasteiger partial charge is 0.384 e. The number of benzene rings is 1. The molecule has 0 heterocycles. The van der Waals surface area contributed by atoms with Gasteiger partial charge in [-0.1, -0.05) is 0 Å². The molecule has 0 saturated heterocycles. The maximum absolute atomic E-state index is 10.7. The van der Waals surface area contributed by atoms with Crippen LogP contribution in [0.1, 0.15) is 11.1 Å². The average molecular weight is 250 g/mol. The van der Waals surface area contributed by atoms with Crippen molar-refractivity contribution >= 4 is 15.7 Å². The Labute approximate surface area is 99.3 Å². The van der Waals surface area contributed by atoms with Crippen LogP contribution in [0.15, 0.2) is 18.2 Å². The number of hydrogen-bond donors (Lipinski definition) is 2. The third-order valence-corrected chi connectivity index (χ3v) is 2.75. The van der Waals surface area contributed by atoms with E-state index in [9.17, 15) is 8.42 Å². The van der Waals surface area contributed by atoms with Gasteiger partial charge in [0.2, 0.25) is 10.0 Å². The van der Waals surface area contributed by atoms with Crippen LogP contribution in [0, 0.1) is 22.7 Å². The molecule has 88 valence electrons. The third kappa shape index (κ3) is 4.11. The van der Waals surface area contributed by atoms with Crippen LogP contribution in [0.3, 0.4) is 0 Å². The molecule has 17 heavy (non-hydrogen) atoms. The van der Waals surface area contributed by atoms with Crippen LogP contribution in [0.4, 0.5) is 5.69 Å². The molecule has 0 atom stereocenters. The summed E-state index contributed by atoms with van der Waals surface area (Å²) in [5.74, 6) is -0.200. The summed E-state index contributed by atoms with van der Waals surface area (Å²) in [6.45, 7) is 0.148. The van der Waals surface area contributed by atoms with Crippen molar-refractivity contribution in [3.8, 4) is 12.1 Å². The molecular formula is C10H10N4O2S. The first-order valence-corrected chi connectivity index (χ1v) is 6.36. The fourth-order valence-electron chi connectivity index (χ4n) is 1.18. The zero-order chi connectivity index (χ0) is 12.9. The molecule has 0 bridgehead atoms. The monoisotopic (exact) mass is 250 g/mol. The smallest absolute Gasteiger partial charge is 0.210 e. The predicted octanol–water partition coefficient (Wildman–Crippen LogP) is 0.130. The molecule has 0 fully saturated rings. The molecule has 0 unspecified atom stereocenters. The Kier molecular flexibility index (Phi) is 4.05. The summed E-state index contributed by atoms with van der Waals surface area (Å²) in [6, 6.07) is 8.36. The van der Waals surface area contributed by atoms with E-state index in [1.807, 2.05) is 12.1 Å². The van der Waals surface area contributed by atoms with Crippen molar-refractivity contribution in [1.82, 2.24) is 0 Å². The van der Waals surface area contributed by atoms with E-state index in [0.717, 1.165) is 0 Å². The van der Waals surface area contributed by atoms with Crippen molar-refractivity contribution < 1.29 is 8.42 Å². The maximum Gasteiger partial charge on any atom is 0.210 e. The first-order chi connectivity index (χ1) is 7.96. The van der Waals surface area contributed by atoms with E-state index in [1.165, 1.54) is 12.1 Å². The molecule has 0 aliphatic rings. The highest BCUT2D eigenvalue weighted by Gasteiger charge is 2.04. The number of anilines is 1. The number of nitrogens with two attached hydrogens (primary N) is 1. The summed E-state index contributed by atoms with van der Waals surface area (Å²) < 4.78 is 21.4. The topological polar surface area (TPSA) is 120 Å².